The van der Waals surface area contributed by atoms with Gasteiger partial charge in [0.1, 0.15) is 5.75 Å². The maximum Gasteiger partial charge on any atom is 0.119 e. The first kappa shape index (κ1) is 25.2. The molecule has 0 aliphatic heterocycles. The summed E-state index contributed by atoms with van der Waals surface area (Å²) in [5, 5.41) is 0. The zero-order valence-electron chi connectivity index (χ0n) is 20.8. The average molecular weight is 443 g/mol. The molecule has 1 heteroatoms. The molecule has 1 aliphatic carbocycles. The van der Waals surface area contributed by atoms with E-state index in [2.05, 4.69) is 86.4 Å². The van der Waals surface area contributed by atoms with Gasteiger partial charge in [-0.1, -0.05) is 81.7 Å². The molecule has 0 heterocycles. The van der Waals surface area contributed by atoms with Crippen LogP contribution in [0.3, 0.4) is 0 Å². The fourth-order valence-corrected chi connectivity index (χ4v) is 4.67. The van der Waals surface area contributed by atoms with E-state index in [1.807, 2.05) is 0 Å². The van der Waals surface area contributed by atoms with E-state index in [0.717, 1.165) is 24.3 Å². The van der Waals surface area contributed by atoms with Crippen molar-refractivity contribution in [1.29, 1.82) is 0 Å². The molecule has 1 saturated carbocycles. The molecule has 0 saturated heterocycles. The van der Waals surface area contributed by atoms with Crippen molar-refractivity contribution in [3.63, 3.8) is 0 Å². The van der Waals surface area contributed by atoms with Gasteiger partial charge in [-0.05, 0) is 98.2 Å². The summed E-state index contributed by atoms with van der Waals surface area (Å²) in [6, 6.07) is 17.6. The molecule has 3 rings (SSSR count). The molecular weight excluding hydrogens is 400 g/mol. The van der Waals surface area contributed by atoms with Crippen molar-refractivity contribution in [3.05, 3.63) is 77.4 Å². The van der Waals surface area contributed by atoms with Crippen LogP contribution < -0.4 is 4.74 Å². The van der Waals surface area contributed by atoms with Crippen molar-refractivity contribution in [1.82, 2.24) is 0 Å². The standard InChI is InChI=1S/C32H42O/c1-3-5-7-11-27-14-16-28(17-15-27)12-8-9-13-29-18-20-30(21-19-29)31-22-24-32(25-23-31)33-26-10-6-4-2/h9,13-17,22-25,29-30H,3-7,10-11,18-21,26H2,1-2H3/t29-,30-. The Balaban J connectivity index is 1.39. The fraction of sp³-hybridized carbons (Fsp3) is 0.500. The van der Waals surface area contributed by atoms with Gasteiger partial charge in [0.15, 0.2) is 0 Å². The Morgan fingerprint density at radius 1 is 0.818 bits per heavy atom. The first-order chi connectivity index (χ1) is 16.3. The second kappa shape index (κ2) is 14.6. The molecule has 33 heavy (non-hydrogen) atoms. The van der Waals surface area contributed by atoms with E-state index in [-0.39, 0.29) is 0 Å². The van der Waals surface area contributed by atoms with Gasteiger partial charge in [-0.25, -0.2) is 0 Å². The summed E-state index contributed by atoms with van der Waals surface area (Å²) in [4.78, 5) is 0. The van der Waals surface area contributed by atoms with Crippen LogP contribution in [-0.4, -0.2) is 6.61 Å². The van der Waals surface area contributed by atoms with Crippen molar-refractivity contribution in [3.8, 4) is 17.6 Å². The number of hydrogen-bond acceptors (Lipinski definition) is 1. The Bertz CT molecular complexity index is 871. The van der Waals surface area contributed by atoms with Crippen molar-refractivity contribution in [2.45, 2.75) is 90.4 Å². The van der Waals surface area contributed by atoms with Gasteiger partial charge in [0, 0.05) is 5.56 Å². The van der Waals surface area contributed by atoms with E-state index >= 15 is 0 Å². The summed E-state index contributed by atoms with van der Waals surface area (Å²) in [6.07, 6.45) is 18.1. The van der Waals surface area contributed by atoms with Gasteiger partial charge in [0.05, 0.1) is 6.61 Å². The number of benzene rings is 2. The first-order valence-electron chi connectivity index (χ1n) is 13.3. The van der Waals surface area contributed by atoms with E-state index in [0.29, 0.717) is 11.8 Å². The fourth-order valence-electron chi connectivity index (χ4n) is 4.67. The zero-order valence-corrected chi connectivity index (χ0v) is 20.8. The molecule has 176 valence electrons. The van der Waals surface area contributed by atoms with Crippen LogP contribution in [-0.2, 0) is 6.42 Å². The molecule has 2 aromatic carbocycles. The molecule has 0 radical (unpaired) electrons. The van der Waals surface area contributed by atoms with Crippen LogP contribution in [0.4, 0.5) is 0 Å². The lowest BCUT2D eigenvalue weighted by Crippen LogP contribution is -2.11. The van der Waals surface area contributed by atoms with Crippen molar-refractivity contribution < 1.29 is 4.74 Å². The Hall–Kier alpha value is -2.46. The molecule has 1 aliphatic rings. The zero-order chi connectivity index (χ0) is 23.1. The van der Waals surface area contributed by atoms with Gasteiger partial charge < -0.3 is 4.74 Å². The summed E-state index contributed by atoms with van der Waals surface area (Å²) >= 11 is 0. The second-order valence-corrected chi connectivity index (χ2v) is 9.52. The van der Waals surface area contributed by atoms with E-state index in [9.17, 15) is 0 Å². The lowest BCUT2D eigenvalue weighted by molar-refractivity contribution is 0.306. The highest BCUT2D eigenvalue weighted by Crippen LogP contribution is 2.36. The van der Waals surface area contributed by atoms with Crippen LogP contribution in [0.15, 0.2) is 60.7 Å². The number of hydrogen-bond donors (Lipinski definition) is 0. The van der Waals surface area contributed by atoms with Crippen LogP contribution in [0, 0.1) is 17.8 Å². The van der Waals surface area contributed by atoms with Crippen molar-refractivity contribution in [2.75, 3.05) is 6.61 Å². The highest BCUT2D eigenvalue weighted by molar-refractivity contribution is 5.38. The molecule has 0 atom stereocenters. The predicted octanol–water partition coefficient (Wildman–Crippen LogP) is 8.87. The number of ether oxygens (including phenoxy) is 1. The Labute approximate surface area is 202 Å². The number of aryl methyl sites for hydroxylation is 1. The number of unbranched alkanes of at least 4 members (excludes halogenated alkanes) is 4. The molecule has 0 N–H and O–H groups in total. The molecule has 2 aromatic rings. The minimum atomic E-state index is 0.665. The topological polar surface area (TPSA) is 9.23 Å². The lowest BCUT2D eigenvalue weighted by Gasteiger charge is -2.27. The smallest absolute Gasteiger partial charge is 0.119 e. The summed E-state index contributed by atoms with van der Waals surface area (Å²) in [7, 11) is 0. The van der Waals surface area contributed by atoms with Crippen LogP contribution in [0.25, 0.3) is 0 Å². The molecule has 1 nitrogen and oxygen atoms in total. The molecule has 0 spiro atoms. The van der Waals surface area contributed by atoms with Gasteiger partial charge in [0.2, 0.25) is 0 Å². The first-order valence-corrected chi connectivity index (χ1v) is 13.3. The predicted molar refractivity (Wildman–Crippen MR) is 142 cm³/mol. The third-order valence-corrected chi connectivity index (χ3v) is 6.83. The van der Waals surface area contributed by atoms with E-state index in [4.69, 9.17) is 4.74 Å². The van der Waals surface area contributed by atoms with E-state index < -0.39 is 0 Å². The van der Waals surface area contributed by atoms with Gasteiger partial charge in [-0.15, -0.1) is 0 Å². The Kier molecular flexibility index (Phi) is 11.2. The lowest BCUT2D eigenvalue weighted by atomic mass is 9.78. The summed E-state index contributed by atoms with van der Waals surface area (Å²) in [5.41, 5.74) is 4.01. The Morgan fingerprint density at radius 3 is 2.21 bits per heavy atom. The number of allylic oxidation sites excluding steroid dienone is 2. The third kappa shape index (κ3) is 9.13. The Morgan fingerprint density at radius 2 is 1.52 bits per heavy atom. The van der Waals surface area contributed by atoms with Crippen molar-refractivity contribution in [2.24, 2.45) is 5.92 Å². The van der Waals surface area contributed by atoms with E-state index in [1.54, 1.807) is 0 Å². The summed E-state index contributed by atoms with van der Waals surface area (Å²) in [6.45, 7) is 5.31. The van der Waals surface area contributed by atoms with E-state index in [1.165, 1.54) is 75.3 Å². The molecule has 0 bridgehead atoms. The number of rotatable bonds is 11. The maximum absolute atomic E-state index is 5.86. The SMILES string of the molecule is CCCCCOc1ccc([C@H]2CC[C@H](C=CC#Cc3ccc(CCCCC)cc3)CC2)cc1. The maximum atomic E-state index is 5.86. The highest BCUT2D eigenvalue weighted by atomic mass is 16.5. The molecule has 0 amide bonds. The monoisotopic (exact) mass is 442 g/mol. The van der Waals surface area contributed by atoms with Gasteiger partial charge in [-0.2, -0.15) is 0 Å². The molecule has 0 unspecified atom stereocenters. The van der Waals surface area contributed by atoms with Gasteiger partial charge in [-0.3, -0.25) is 0 Å². The molecule has 1 fully saturated rings. The van der Waals surface area contributed by atoms with Crippen LogP contribution in [0.2, 0.25) is 0 Å². The third-order valence-electron chi connectivity index (χ3n) is 6.83. The summed E-state index contributed by atoms with van der Waals surface area (Å²) < 4.78 is 5.86. The summed E-state index contributed by atoms with van der Waals surface area (Å²) in [5.74, 6) is 8.90. The van der Waals surface area contributed by atoms with Crippen molar-refractivity contribution >= 4 is 0 Å². The van der Waals surface area contributed by atoms with Gasteiger partial charge >= 0.3 is 0 Å². The molecule has 0 aromatic heterocycles. The van der Waals surface area contributed by atoms with Crippen LogP contribution >= 0.6 is 0 Å². The average Bonchev–Trinajstić information content (AvgIpc) is 2.86. The molecular formula is C32H42O. The highest BCUT2D eigenvalue weighted by Gasteiger charge is 2.20. The van der Waals surface area contributed by atoms with Gasteiger partial charge in [0.25, 0.3) is 0 Å². The van der Waals surface area contributed by atoms with Crippen LogP contribution in [0.1, 0.15) is 101 Å². The van der Waals surface area contributed by atoms with Crippen LogP contribution in [0.5, 0.6) is 5.75 Å². The largest absolute Gasteiger partial charge is 0.494 e. The quantitative estimate of drug-likeness (QED) is 0.249. The minimum Gasteiger partial charge on any atom is -0.494 e. The second-order valence-electron chi connectivity index (χ2n) is 9.52. The minimum absolute atomic E-state index is 0.665. The normalized spacial score (nSPS) is 18.1.